The number of hydrogen-bond donors (Lipinski definition) is 1. The van der Waals surface area contributed by atoms with Crippen molar-refractivity contribution >= 4 is 17.3 Å². The number of hydrogen-bond acceptors (Lipinski definition) is 2. The molecule has 0 radical (unpaired) electrons. The number of nitrogens with one attached hydrogen (secondary N) is 1. The Kier molecular flexibility index (Phi) is 7.70. The highest BCUT2D eigenvalue weighted by Gasteiger charge is 2.15. The van der Waals surface area contributed by atoms with E-state index in [9.17, 15) is 0 Å². The molecular formula is C11H25N3S. The van der Waals surface area contributed by atoms with Gasteiger partial charge in [0.25, 0.3) is 0 Å². The second-order valence-electron chi connectivity index (χ2n) is 4.13. The SMILES string of the molecule is CCCNC(=S)N(CC)C(C)CN(C)C. The van der Waals surface area contributed by atoms with Crippen LogP contribution in [0.15, 0.2) is 0 Å². The summed E-state index contributed by atoms with van der Waals surface area (Å²) in [5.74, 6) is 0. The van der Waals surface area contributed by atoms with Crippen molar-refractivity contribution in [1.82, 2.24) is 15.1 Å². The lowest BCUT2D eigenvalue weighted by Crippen LogP contribution is -2.48. The van der Waals surface area contributed by atoms with Gasteiger partial charge in [0.1, 0.15) is 0 Å². The minimum absolute atomic E-state index is 0.460. The van der Waals surface area contributed by atoms with Gasteiger partial charge in [-0.1, -0.05) is 6.92 Å². The molecule has 1 N–H and O–H groups in total. The summed E-state index contributed by atoms with van der Waals surface area (Å²) >= 11 is 5.37. The largest absolute Gasteiger partial charge is 0.363 e. The zero-order valence-corrected chi connectivity index (χ0v) is 11.5. The molecule has 0 aromatic rings. The van der Waals surface area contributed by atoms with Crippen molar-refractivity contribution in [2.75, 3.05) is 33.7 Å². The fourth-order valence-corrected chi connectivity index (χ4v) is 2.03. The lowest BCUT2D eigenvalue weighted by atomic mass is 10.3. The summed E-state index contributed by atoms with van der Waals surface area (Å²) in [6.45, 7) is 9.46. The Labute approximate surface area is 99.8 Å². The molecule has 0 rings (SSSR count). The second-order valence-corrected chi connectivity index (χ2v) is 4.52. The third-order valence-electron chi connectivity index (χ3n) is 2.29. The monoisotopic (exact) mass is 231 g/mol. The maximum absolute atomic E-state index is 5.37. The van der Waals surface area contributed by atoms with E-state index in [-0.39, 0.29) is 0 Å². The molecule has 3 nitrogen and oxygen atoms in total. The summed E-state index contributed by atoms with van der Waals surface area (Å²) in [5.41, 5.74) is 0. The molecule has 0 bridgehead atoms. The quantitative estimate of drug-likeness (QED) is 0.699. The third kappa shape index (κ3) is 5.95. The molecule has 0 aromatic carbocycles. The minimum Gasteiger partial charge on any atom is -0.363 e. The van der Waals surface area contributed by atoms with Crippen LogP contribution in [0.4, 0.5) is 0 Å². The highest BCUT2D eigenvalue weighted by atomic mass is 32.1. The van der Waals surface area contributed by atoms with Gasteiger partial charge in [-0.2, -0.15) is 0 Å². The number of nitrogens with zero attached hydrogens (tertiary/aromatic N) is 2. The van der Waals surface area contributed by atoms with Gasteiger partial charge in [0.2, 0.25) is 0 Å². The molecule has 0 aromatic heterocycles. The van der Waals surface area contributed by atoms with Crippen LogP contribution in [0, 0.1) is 0 Å². The Bertz CT molecular complexity index is 183. The van der Waals surface area contributed by atoms with Crippen LogP contribution in [0.1, 0.15) is 27.2 Å². The van der Waals surface area contributed by atoms with Crippen molar-refractivity contribution in [1.29, 1.82) is 0 Å². The van der Waals surface area contributed by atoms with Crippen LogP contribution in [0.3, 0.4) is 0 Å². The minimum atomic E-state index is 0.460. The van der Waals surface area contributed by atoms with Crippen LogP contribution in [0.25, 0.3) is 0 Å². The smallest absolute Gasteiger partial charge is 0.169 e. The van der Waals surface area contributed by atoms with E-state index in [1.807, 2.05) is 0 Å². The van der Waals surface area contributed by atoms with Crippen LogP contribution in [-0.2, 0) is 0 Å². The molecule has 15 heavy (non-hydrogen) atoms. The molecule has 0 spiro atoms. The maximum Gasteiger partial charge on any atom is 0.169 e. The zero-order valence-electron chi connectivity index (χ0n) is 10.7. The van der Waals surface area contributed by atoms with E-state index in [1.165, 1.54) is 0 Å². The highest BCUT2D eigenvalue weighted by Crippen LogP contribution is 2.01. The summed E-state index contributed by atoms with van der Waals surface area (Å²) in [5, 5.41) is 4.16. The number of rotatable bonds is 6. The van der Waals surface area contributed by atoms with E-state index in [0.29, 0.717) is 6.04 Å². The summed E-state index contributed by atoms with van der Waals surface area (Å²) < 4.78 is 0. The topological polar surface area (TPSA) is 18.5 Å². The van der Waals surface area contributed by atoms with Gasteiger partial charge in [0.05, 0.1) is 0 Å². The first kappa shape index (κ1) is 14.6. The van der Waals surface area contributed by atoms with Gasteiger partial charge in [-0.3, -0.25) is 0 Å². The van der Waals surface area contributed by atoms with Crippen molar-refractivity contribution in [3.05, 3.63) is 0 Å². The van der Waals surface area contributed by atoms with Crippen LogP contribution in [-0.4, -0.2) is 54.7 Å². The molecule has 1 unspecified atom stereocenters. The molecule has 90 valence electrons. The molecule has 0 aliphatic carbocycles. The predicted molar refractivity (Wildman–Crippen MR) is 71.3 cm³/mol. The van der Waals surface area contributed by atoms with Crippen LogP contribution < -0.4 is 5.32 Å². The first-order valence-corrected chi connectivity index (χ1v) is 6.12. The Morgan fingerprint density at radius 2 is 1.93 bits per heavy atom. The highest BCUT2D eigenvalue weighted by molar-refractivity contribution is 7.80. The van der Waals surface area contributed by atoms with E-state index < -0.39 is 0 Å². The zero-order chi connectivity index (χ0) is 11.8. The van der Waals surface area contributed by atoms with Gasteiger partial charge in [-0.05, 0) is 46.6 Å². The Balaban J connectivity index is 4.14. The van der Waals surface area contributed by atoms with Gasteiger partial charge in [-0.15, -0.1) is 0 Å². The second kappa shape index (κ2) is 7.88. The van der Waals surface area contributed by atoms with Crippen LogP contribution in [0.5, 0.6) is 0 Å². The molecular weight excluding hydrogens is 206 g/mol. The summed E-state index contributed by atoms with van der Waals surface area (Å²) in [7, 11) is 4.18. The van der Waals surface area contributed by atoms with Crippen molar-refractivity contribution in [3.63, 3.8) is 0 Å². The fourth-order valence-electron chi connectivity index (χ4n) is 1.62. The van der Waals surface area contributed by atoms with E-state index in [0.717, 1.165) is 31.2 Å². The molecule has 0 amide bonds. The van der Waals surface area contributed by atoms with Gasteiger partial charge < -0.3 is 15.1 Å². The van der Waals surface area contributed by atoms with Crippen molar-refractivity contribution < 1.29 is 0 Å². The standard InChI is InChI=1S/C11H25N3S/c1-6-8-12-11(15)14(7-2)10(3)9-13(4)5/h10H,6-9H2,1-5H3,(H,12,15). The van der Waals surface area contributed by atoms with Gasteiger partial charge >= 0.3 is 0 Å². The van der Waals surface area contributed by atoms with Gasteiger partial charge in [0.15, 0.2) is 5.11 Å². The third-order valence-corrected chi connectivity index (χ3v) is 2.67. The molecule has 1 atom stereocenters. The Morgan fingerprint density at radius 1 is 1.33 bits per heavy atom. The Hall–Kier alpha value is -0.350. The molecule has 0 saturated heterocycles. The predicted octanol–water partition coefficient (Wildman–Crippen LogP) is 1.54. The molecule has 4 heteroatoms. The average molecular weight is 231 g/mol. The first-order chi connectivity index (χ1) is 7.02. The van der Waals surface area contributed by atoms with E-state index >= 15 is 0 Å². The van der Waals surface area contributed by atoms with Crippen LogP contribution in [0.2, 0.25) is 0 Å². The van der Waals surface area contributed by atoms with Crippen molar-refractivity contribution in [3.8, 4) is 0 Å². The first-order valence-electron chi connectivity index (χ1n) is 5.72. The maximum atomic E-state index is 5.37. The van der Waals surface area contributed by atoms with Crippen molar-refractivity contribution in [2.45, 2.75) is 33.2 Å². The normalized spacial score (nSPS) is 12.7. The Morgan fingerprint density at radius 3 is 2.33 bits per heavy atom. The molecule has 0 fully saturated rings. The van der Waals surface area contributed by atoms with E-state index in [1.54, 1.807) is 0 Å². The molecule has 0 heterocycles. The fraction of sp³-hybridized carbons (Fsp3) is 0.909. The van der Waals surface area contributed by atoms with Gasteiger partial charge in [0, 0.05) is 25.7 Å². The summed E-state index contributed by atoms with van der Waals surface area (Å²) in [6.07, 6.45) is 1.11. The molecule has 0 aliphatic rings. The summed E-state index contributed by atoms with van der Waals surface area (Å²) in [6, 6.07) is 0.460. The average Bonchev–Trinajstić information content (AvgIpc) is 2.14. The van der Waals surface area contributed by atoms with Gasteiger partial charge in [-0.25, -0.2) is 0 Å². The summed E-state index contributed by atoms with van der Waals surface area (Å²) in [4.78, 5) is 4.43. The van der Waals surface area contributed by atoms with Crippen molar-refractivity contribution in [2.24, 2.45) is 0 Å². The van der Waals surface area contributed by atoms with E-state index in [2.05, 4.69) is 50.0 Å². The lowest BCUT2D eigenvalue weighted by molar-refractivity contribution is 0.262. The number of likely N-dealkylation sites (N-methyl/N-ethyl adjacent to an activating group) is 2. The number of thiocarbonyl (C=S) groups is 1. The van der Waals surface area contributed by atoms with Crippen LogP contribution >= 0.6 is 12.2 Å². The lowest BCUT2D eigenvalue weighted by Gasteiger charge is -2.32. The van der Waals surface area contributed by atoms with E-state index in [4.69, 9.17) is 12.2 Å². The molecule has 0 aliphatic heterocycles. The molecule has 0 saturated carbocycles.